The van der Waals surface area contributed by atoms with Crippen LogP contribution >= 0.6 is 0 Å². The Morgan fingerprint density at radius 1 is 0.654 bits per heavy atom. The zero-order chi connectivity index (χ0) is 21.4. The predicted molar refractivity (Wildman–Crippen MR) is 83.0 cm³/mol. The lowest BCUT2D eigenvalue weighted by atomic mass is 10.2. The number of aliphatic hydroxyl groups excluding tert-OH is 1. The summed E-state index contributed by atoms with van der Waals surface area (Å²) in [5.74, 6) is -5.87. The van der Waals surface area contributed by atoms with E-state index in [9.17, 15) is 24.0 Å². The van der Waals surface area contributed by atoms with E-state index in [1.165, 1.54) is 0 Å². The molecule has 0 radical (unpaired) electrons. The quantitative estimate of drug-likeness (QED) is 0.186. The smallest absolute Gasteiger partial charge is 0.322 e. The maximum Gasteiger partial charge on any atom is 0.322 e. The Morgan fingerprint density at radius 3 is 1.19 bits per heavy atom. The van der Waals surface area contributed by atoms with Crippen LogP contribution in [-0.2, 0) is 24.0 Å². The zero-order valence-corrected chi connectivity index (χ0v) is 13.5. The topological polar surface area (TPSA) is 285 Å². The summed E-state index contributed by atoms with van der Waals surface area (Å²) in [4.78, 5) is 49.1. The van der Waals surface area contributed by atoms with Gasteiger partial charge in [0.05, 0.1) is 13.0 Å². The summed E-state index contributed by atoms with van der Waals surface area (Å²) in [6.45, 7) is -0.505. The highest BCUT2D eigenvalue weighted by molar-refractivity contribution is 5.80. The lowest BCUT2D eigenvalue weighted by molar-refractivity contribution is -0.144. The number of hydrogen-bond donors (Lipinski definition) is 9. The fourth-order valence-corrected chi connectivity index (χ4v) is 0.756. The average Bonchev–Trinajstić information content (AvgIpc) is 2.51. The molecule has 12 N–H and O–H groups in total. The van der Waals surface area contributed by atoms with Gasteiger partial charge in [0.15, 0.2) is 0 Å². The van der Waals surface area contributed by atoms with Gasteiger partial charge in [0.1, 0.15) is 18.1 Å². The SMILES string of the molecule is N[C@@H](CC(=O)O)C(=O)O.N[C@@H](CCC(=O)O)C(=O)O.N[C@@H](CO)C(=O)O. The van der Waals surface area contributed by atoms with Crippen LogP contribution in [0, 0.1) is 0 Å². The molecule has 0 rings (SSSR count). The average molecular weight is 385 g/mol. The molecule has 3 atom stereocenters. The molecule has 0 saturated carbocycles. The molecular formula is C12H23N3O11. The van der Waals surface area contributed by atoms with Gasteiger partial charge in [0, 0.05) is 6.42 Å². The van der Waals surface area contributed by atoms with E-state index in [1.807, 2.05) is 0 Å². The highest BCUT2D eigenvalue weighted by Crippen LogP contribution is 1.93. The molecule has 0 aliphatic rings. The van der Waals surface area contributed by atoms with Gasteiger partial charge < -0.3 is 47.8 Å². The number of aliphatic carboxylic acids is 5. The summed E-state index contributed by atoms with van der Waals surface area (Å²) < 4.78 is 0. The first-order valence-electron chi connectivity index (χ1n) is 6.75. The third kappa shape index (κ3) is 21.2. The van der Waals surface area contributed by atoms with Crippen molar-refractivity contribution in [3.63, 3.8) is 0 Å². The van der Waals surface area contributed by atoms with Crippen LogP contribution in [0.25, 0.3) is 0 Å². The van der Waals surface area contributed by atoms with Crippen LogP contribution in [0.4, 0.5) is 0 Å². The van der Waals surface area contributed by atoms with Crippen molar-refractivity contribution in [2.75, 3.05) is 6.61 Å². The Labute approximate surface area is 146 Å². The van der Waals surface area contributed by atoms with Crippen LogP contribution < -0.4 is 17.2 Å². The lowest BCUT2D eigenvalue weighted by Crippen LogP contribution is -2.33. The summed E-state index contributed by atoms with van der Waals surface area (Å²) in [6, 6.07) is -3.47. The van der Waals surface area contributed by atoms with E-state index in [2.05, 4.69) is 0 Å². The Bertz CT molecular complexity index is 483. The van der Waals surface area contributed by atoms with Crippen LogP contribution in [0.1, 0.15) is 19.3 Å². The number of nitrogens with two attached hydrogens (primary N) is 3. The molecule has 0 heterocycles. The Hall–Kier alpha value is -2.81. The molecule has 14 heteroatoms. The minimum absolute atomic E-state index is 0.0231. The summed E-state index contributed by atoms with van der Waals surface area (Å²) in [6.07, 6.45) is -0.756. The van der Waals surface area contributed by atoms with Gasteiger partial charge in [-0.25, -0.2) is 0 Å². The van der Waals surface area contributed by atoms with Crippen molar-refractivity contribution in [3.8, 4) is 0 Å². The van der Waals surface area contributed by atoms with E-state index in [1.54, 1.807) is 0 Å². The standard InChI is InChI=1S/C5H9NO4.C4H7NO4.C3H7NO3/c6-3(5(9)10)1-2-4(7)8;5-2(4(8)9)1-3(6)7;4-2(1-5)3(6)7/h3H,1-2,6H2,(H,7,8)(H,9,10);2H,1,5H2,(H,6,7)(H,8,9);2,5H,1,4H2,(H,6,7)/t3-;2*2-/m000/s1. The fourth-order valence-electron chi connectivity index (χ4n) is 0.756. The van der Waals surface area contributed by atoms with Gasteiger partial charge in [-0.2, -0.15) is 0 Å². The second kappa shape index (κ2) is 15.7. The van der Waals surface area contributed by atoms with E-state index in [4.69, 9.17) is 47.8 Å². The van der Waals surface area contributed by atoms with Gasteiger partial charge in [-0.3, -0.25) is 24.0 Å². The van der Waals surface area contributed by atoms with Crippen LogP contribution in [0.3, 0.4) is 0 Å². The molecule has 0 aliphatic carbocycles. The van der Waals surface area contributed by atoms with Gasteiger partial charge >= 0.3 is 29.8 Å². The minimum Gasteiger partial charge on any atom is -0.481 e. The molecule has 0 aromatic rings. The van der Waals surface area contributed by atoms with Gasteiger partial charge in [0.2, 0.25) is 0 Å². The molecule has 0 bridgehead atoms. The van der Waals surface area contributed by atoms with Crippen LogP contribution in [-0.4, -0.2) is 85.2 Å². The first-order valence-corrected chi connectivity index (χ1v) is 6.75. The van der Waals surface area contributed by atoms with Crippen molar-refractivity contribution in [3.05, 3.63) is 0 Å². The van der Waals surface area contributed by atoms with Crippen LogP contribution in [0.5, 0.6) is 0 Å². The summed E-state index contributed by atoms with van der Waals surface area (Å²) in [5.41, 5.74) is 14.6. The van der Waals surface area contributed by atoms with E-state index in [0.717, 1.165) is 0 Å². The molecule has 0 saturated heterocycles. The molecule has 0 fully saturated rings. The first-order chi connectivity index (χ1) is 11.8. The Kier molecular flexibility index (Phi) is 16.9. The molecule has 14 nitrogen and oxygen atoms in total. The van der Waals surface area contributed by atoms with E-state index in [-0.39, 0.29) is 12.8 Å². The largest absolute Gasteiger partial charge is 0.481 e. The van der Waals surface area contributed by atoms with Gasteiger partial charge in [-0.1, -0.05) is 0 Å². The maximum atomic E-state index is 9.99. The molecule has 152 valence electrons. The molecule has 0 spiro atoms. The zero-order valence-electron chi connectivity index (χ0n) is 13.5. The van der Waals surface area contributed by atoms with Crippen molar-refractivity contribution in [2.24, 2.45) is 17.2 Å². The Morgan fingerprint density at radius 2 is 1.04 bits per heavy atom. The third-order valence-corrected chi connectivity index (χ3v) is 2.21. The summed E-state index contributed by atoms with van der Waals surface area (Å²) in [7, 11) is 0. The van der Waals surface area contributed by atoms with E-state index in [0.29, 0.717) is 0 Å². The molecule has 26 heavy (non-hydrogen) atoms. The number of rotatable bonds is 9. The van der Waals surface area contributed by atoms with Gasteiger partial charge in [-0.15, -0.1) is 0 Å². The Balaban J connectivity index is -0.000000310. The number of carbonyl (C=O) groups is 5. The normalized spacial score (nSPS) is 12.8. The van der Waals surface area contributed by atoms with Crippen LogP contribution in [0.15, 0.2) is 0 Å². The summed E-state index contributed by atoms with van der Waals surface area (Å²) in [5, 5.41) is 48.2. The highest BCUT2D eigenvalue weighted by atomic mass is 16.4. The molecule has 0 aromatic heterocycles. The number of carboxylic acid groups (broad SMARTS) is 5. The van der Waals surface area contributed by atoms with Crippen molar-refractivity contribution in [2.45, 2.75) is 37.4 Å². The number of hydrogen-bond acceptors (Lipinski definition) is 9. The van der Waals surface area contributed by atoms with Gasteiger partial charge in [-0.05, 0) is 6.42 Å². The van der Waals surface area contributed by atoms with Crippen LogP contribution in [0.2, 0.25) is 0 Å². The van der Waals surface area contributed by atoms with Crippen molar-refractivity contribution in [1.82, 2.24) is 0 Å². The minimum atomic E-state index is -1.29. The molecular weight excluding hydrogens is 362 g/mol. The highest BCUT2D eigenvalue weighted by Gasteiger charge is 2.14. The molecule has 0 aliphatic heterocycles. The molecule has 0 aromatic carbocycles. The molecule has 0 unspecified atom stereocenters. The van der Waals surface area contributed by atoms with E-state index < -0.39 is 61.0 Å². The summed E-state index contributed by atoms with van der Waals surface area (Å²) >= 11 is 0. The number of aliphatic hydroxyl groups is 1. The van der Waals surface area contributed by atoms with E-state index >= 15 is 0 Å². The second-order valence-electron chi connectivity index (χ2n) is 4.55. The number of carboxylic acids is 5. The van der Waals surface area contributed by atoms with Crippen molar-refractivity contribution < 1.29 is 54.6 Å². The van der Waals surface area contributed by atoms with Gasteiger partial charge in [0.25, 0.3) is 0 Å². The maximum absolute atomic E-state index is 9.99. The lowest BCUT2D eigenvalue weighted by Gasteiger charge is -2.01. The van der Waals surface area contributed by atoms with Crippen molar-refractivity contribution >= 4 is 29.8 Å². The predicted octanol–water partition coefficient (Wildman–Crippen LogP) is -3.47. The van der Waals surface area contributed by atoms with Crippen molar-refractivity contribution in [1.29, 1.82) is 0 Å². The third-order valence-electron chi connectivity index (χ3n) is 2.21. The fraction of sp³-hybridized carbons (Fsp3) is 0.583. The molecule has 0 amide bonds. The first kappa shape index (κ1) is 28.0. The second-order valence-corrected chi connectivity index (χ2v) is 4.55. The monoisotopic (exact) mass is 385 g/mol.